The zero-order valence-electron chi connectivity index (χ0n) is 22.6. The van der Waals surface area contributed by atoms with Gasteiger partial charge >= 0.3 is 12.1 Å². The van der Waals surface area contributed by atoms with Gasteiger partial charge in [-0.1, -0.05) is 85.2 Å². The van der Waals surface area contributed by atoms with Crippen molar-refractivity contribution in [2.24, 2.45) is 11.8 Å². The molecule has 10 heteroatoms. The number of Topliss-reactive ketones (excluding diaryl/α,β-unsaturated/α-hetero) is 2. The van der Waals surface area contributed by atoms with Crippen LogP contribution in [0.5, 0.6) is 0 Å². The van der Waals surface area contributed by atoms with E-state index in [9.17, 15) is 24.0 Å². The summed E-state index contributed by atoms with van der Waals surface area (Å²) in [5.74, 6) is -1.71. The van der Waals surface area contributed by atoms with E-state index in [0.29, 0.717) is 30.5 Å². The molecule has 2 aromatic rings. The first-order valence-corrected chi connectivity index (χ1v) is 13.8. The summed E-state index contributed by atoms with van der Waals surface area (Å²) in [4.78, 5) is 60.4. The van der Waals surface area contributed by atoms with Gasteiger partial charge in [-0.05, 0) is 29.9 Å². The lowest BCUT2D eigenvalue weighted by Gasteiger charge is -2.21. The van der Waals surface area contributed by atoms with Gasteiger partial charge in [-0.2, -0.15) is 0 Å². The molecule has 0 spiro atoms. The fraction of sp³-hybridized carbons (Fsp3) is 0.414. The van der Waals surface area contributed by atoms with Gasteiger partial charge in [0.1, 0.15) is 6.04 Å². The minimum atomic E-state index is -0.727. The number of nitrogens with one attached hydrogen (secondary N) is 2. The monoisotopic (exact) mass is 602 g/mol. The Balaban J connectivity index is 1.77. The van der Waals surface area contributed by atoms with Crippen LogP contribution in [0.1, 0.15) is 54.3 Å². The van der Waals surface area contributed by atoms with Gasteiger partial charge in [0.05, 0.1) is 18.4 Å². The van der Waals surface area contributed by atoms with Gasteiger partial charge in [0.15, 0.2) is 18.2 Å². The number of esters is 1. The maximum absolute atomic E-state index is 12.5. The van der Waals surface area contributed by atoms with Crippen LogP contribution in [-0.4, -0.2) is 61.2 Å². The molecule has 0 aromatic heterocycles. The SMILES string of the molecule is COC(=O)NC(C(=O)NCCCC(C)C(=O)OCC(=O)c1ccc(-c2ccc(C(=O)CBr)cc2)cc1)C(C)C. The van der Waals surface area contributed by atoms with E-state index in [1.54, 1.807) is 43.3 Å². The van der Waals surface area contributed by atoms with Gasteiger partial charge < -0.3 is 20.1 Å². The third-order valence-electron chi connectivity index (χ3n) is 6.14. The van der Waals surface area contributed by atoms with E-state index < -0.39 is 24.0 Å². The number of alkyl halides is 1. The molecule has 210 valence electrons. The van der Waals surface area contributed by atoms with E-state index in [0.717, 1.165) is 11.1 Å². The quantitative estimate of drug-likeness (QED) is 0.140. The second kappa shape index (κ2) is 15.8. The van der Waals surface area contributed by atoms with Crippen molar-refractivity contribution in [1.82, 2.24) is 10.6 Å². The molecule has 0 saturated carbocycles. The molecule has 2 rings (SSSR count). The Bertz CT molecular complexity index is 1150. The first kappa shape index (κ1) is 31.7. The number of ketones is 2. The van der Waals surface area contributed by atoms with Gasteiger partial charge in [0, 0.05) is 17.7 Å². The molecule has 0 saturated heterocycles. The van der Waals surface area contributed by atoms with Crippen LogP contribution in [0, 0.1) is 11.8 Å². The van der Waals surface area contributed by atoms with Crippen molar-refractivity contribution in [1.29, 1.82) is 0 Å². The van der Waals surface area contributed by atoms with Gasteiger partial charge in [-0.3, -0.25) is 19.2 Å². The Hall–Kier alpha value is -3.53. The summed E-state index contributed by atoms with van der Waals surface area (Å²) in [6.07, 6.45) is 0.296. The van der Waals surface area contributed by atoms with Crippen LogP contribution in [0.2, 0.25) is 0 Å². The predicted octanol–water partition coefficient (Wildman–Crippen LogP) is 4.57. The molecular weight excluding hydrogens is 568 g/mol. The number of rotatable bonds is 14. The fourth-order valence-corrected chi connectivity index (χ4v) is 4.03. The minimum absolute atomic E-state index is 0.00270. The van der Waals surface area contributed by atoms with Crippen molar-refractivity contribution in [3.63, 3.8) is 0 Å². The van der Waals surface area contributed by atoms with Crippen LogP contribution >= 0.6 is 15.9 Å². The summed E-state index contributed by atoms with van der Waals surface area (Å²) in [5.41, 5.74) is 2.85. The molecule has 2 aromatic carbocycles. The molecule has 2 N–H and O–H groups in total. The Morgan fingerprint density at radius 3 is 1.87 bits per heavy atom. The van der Waals surface area contributed by atoms with Crippen LogP contribution < -0.4 is 10.6 Å². The average molecular weight is 604 g/mol. The van der Waals surface area contributed by atoms with Crippen molar-refractivity contribution in [3.05, 3.63) is 59.7 Å². The second-order valence-corrected chi connectivity index (χ2v) is 10.00. The molecule has 0 radical (unpaired) electrons. The highest BCUT2D eigenvalue weighted by Crippen LogP contribution is 2.21. The number of hydrogen-bond acceptors (Lipinski definition) is 7. The number of halogens is 1. The average Bonchev–Trinajstić information content (AvgIpc) is 2.95. The normalized spacial score (nSPS) is 12.3. The molecule has 0 aliphatic heterocycles. The Morgan fingerprint density at radius 2 is 1.38 bits per heavy atom. The molecule has 2 amide bonds. The zero-order valence-corrected chi connectivity index (χ0v) is 24.2. The summed E-state index contributed by atoms with van der Waals surface area (Å²) >= 11 is 3.16. The van der Waals surface area contributed by atoms with E-state index in [1.807, 2.05) is 26.0 Å². The van der Waals surface area contributed by atoms with Gasteiger partial charge in [0.25, 0.3) is 0 Å². The number of alkyl carbamates (subject to hydrolysis) is 1. The number of hydrogen-bond donors (Lipinski definition) is 2. The van der Waals surface area contributed by atoms with Crippen molar-refractivity contribution < 1.29 is 33.4 Å². The fourth-order valence-electron chi connectivity index (χ4n) is 3.71. The summed E-state index contributed by atoms with van der Waals surface area (Å²) in [6, 6.07) is 13.5. The zero-order chi connectivity index (χ0) is 28.9. The molecule has 0 aliphatic rings. The lowest BCUT2D eigenvalue weighted by atomic mass is 10.0. The second-order valence-electron chi connectivity index (χ2n) is 9.43. The molecule has 2 unspecified atom stereocenters. The minimum Gasteiger partial charge on any atom is -0.457 e. The smallest absolute Gasteiger partial charge is 0.407 e. The number of methoxy groups -OCH3 is 1. The largest absolute Gasteiger partial charge is 0.457 e. The third kappa shape index (κ3) is 9.94. The van der Waals surface area contributed by atoms with Gasteiger partial charge in [-0.25, -0.2) is 4.79 Å². The molecule has 0 bridgehead atoms. The van der Waals surface area contributed by atoms with E-state index in [-0.39, 0.29) is 35.3 Å². The van der Waals surface area contributed by atoms with Gasteiger partial charge in [-0.15, -0.1) is 0 Å². The van der Waals surface area contributed by atoms with Crippen molar-refractivity contribution in [3.8, 4) is 11.1 Å². The Kier molecular flexibility index (Phi) is 12.8. The summed E-state index contributed by atoms with van der Waals surface area (Å²) < 4.78 is 9.77. The van der Waals surface area contributed by atoms with Crippen molar-refractivity contribution in [2.45, 2.75) is 39.7 Å². The van der Waals surface area contributed by atoms with E-state index in [4.69, 9.17) is 4.74 Å². The highest BCUT2D eigenvalue weighted by atomic mass is 79.9. The molecule has 39 heavy (non-hydrogen) atoms. The number of amides is 2. The molecule has 0 aliphatic carbocycles. The van der Waals surface area contributed by atoms with Crippen LogP contribution in [-0.2, 0) is 19.1 Å². The van der Waals surface area contributed by atoms with Crippen LogP contribution in [0.3, 0.4) is 0 Å². The van der Waals surface area contributed by atoms with E-state index in [1.165, 1.54) is 7.11 Å². The van der Waals surface area contributed by atoms with E-state index >= 15 is 0 Å². The summed E-state index contributed by atoms with van der Waals surface area (Å²) in [5, 5.41) is 5.52. The predicted molar refractivity (Wildman–Crippen MR) is 151 cm³/mol. The maximum atomic E-state index is 12.5. The van der Waals surface area contributed by atoms with Crippen LogP contribution in [0.25, 0.3) is 11.1 Å². The topological polar surface area (TPSA) is 128 Å². The lowest BCUT2D eigenvalue weighted by Crippen LogP contribution is -2.49. The highest BCUT2D eigenvalue weighted by Gasteiger charge is 2.24. The molecule has 2 atom stereocenters. The molecular formula is C29H35BrN2O7. The van der Waals surface area contributed by atoms with Crippen LogP contribution in [0.4, 0.5) is 4.79 Å². The third-order valence-corrected chi connectivity index (χ3v) is 6.65. The van der Waals surface area contributed by atoms with Gasteiger partial charge in [0.2, 0.25) is 5.91 Å². The number of ether oxygens (including phenoxy) is 2. The number of carbonyl (C=O) groups excluding carboxylic acids is 5. The maximum Gasteiger partial charge on any atom is 0.407 e. The highest BCUT2D eigenvalue weighted by molar-refractivity contribution is 9.09. The molecule has 0 fully saturated rings. The van der Waals surface area contributed by atoms with Crippen LogP contribution in [0.15, 0.2) is 48.5 Å². The summed E-state index contributed by atoms with van der Waals surface area (Å²) in [6.45, 7) is 5.28. The number of carbonyl (C=O) groups is 5. The number of benzene rings is 2. The molecule has 0 heterocycles. The standard InChI is InChI=1S/C29H35BrN2O7/c1-18(2)26(32-29(37)38-4)27(35)31-15-5-6-19(3)28(36)39-17-25(34)23-13-9-21(10-14-23)20-7-11-22(12-8-20)24(33)16-30/h7-14,18-19,26H,5-6,15-17H2,1-4H3,(H,31,35)(H,32,37). The first-order valence-electron chi connectivity index (χ1n) is 12.7. The first-order chi connectivity index (χ1) is 18.6. The summed E-state index contributed by atoms with van der Waals surface area (Å²) in [7, 11) is 1.23. The van der Waals surface area contributed by atoms with Crippen molar-refractivity contribution >= 4 is 45.5 Å². The Labute approximate surface area is 237 Å². The van der Waals surface area contributed by atoms with Crippen molar-refractivity contribution in [2.75, 3.05) is 25.6 Å². The lowest BCUT2D eigenvalue weighted by molar-refractivity contribution is -0.147. The Morgan fingerprint density at radius 1 is 0.846 bits per heavy atom. The molecule has 9 nitrogen and oxygen atoms in total. The van der Waals surface area contributed by atoms with E-state index in [2.05, 4.69) is 31.3 Å².